The molecule has 6 nitrogen and oxygen atoms in total. The van der Waals surface area contributed by atoms with Gasteiger partial charge in [0.25, 0.3) is 5.91 Å². The van der Waals surface area contributed by atoms with E-state index in [1.165, 1.54) is 11.3 Å². The summed E-state index contributed by atoms with van der Waals surface area (Å²) in [4.78, 5) is 27.7. The number of hydrogen-bond acceptors (Lipinski definition) is 6. The predicted octanol–water partition coefficient (Wildman–Crippen LogP) is 2.83. The van der Waals surface area contributed by atoms with Gasteiger partial charge in [-0.2, -0.15) is 0 Å². The number of amides is 1. The number of fused-ring (bicyclic) bond motifs is 1. The van der Waals surface area contributed by atoms with Crippen LogP contribution < -0.4 is 10.1 Å². The minimum absolute atomic E-state index is 0.324. The molecule has 2 rings (SSSR count). The molecule has 0 aliphatic rings. The van der Waals surface area contributed by atoms with Crippen LogP contribution in [0.2, 0.25) is 0 Å². The maximum Gasteiger partial charge on any atom is 0.311 e. The van der Waals surface area contributed by atoms with Gasteiger partial charge in [0, 0.05) is 0 Å². The summed E-state index contributed by atoms with van der Waals surface area (Å²) in [5.41, 5.74) is 0.139. The lowest BCUT2D eigenvalue weighted by molar-refractivity contribution is -0.155. The number of methoxy groups -OCH3 is 1. The monoisotopic (exact) mass is 322 g/mol. The van der Waals surface area contributed by atoms with Gasteiger partial charge in [-0.15, -0.1) is 0 Å². The van der Waals surface area contributed by atoms with Crippen molar-refractivity contribution in [2.75, 3.05) is 19.0 Å². The van der Waals surface area contributed by atoms with Gasteiger partial charge < -0.3 is 9.47 Å². The van der Waals surface area contributed by atoms with Crippen LogP contribution in [0, 0.1) is 5.41 Å². The largest absolute Gasteiger partial charge is 0.497 e. The number of carbonyl (C=O) groups excluding carboxylic acids is 2. The van der Waals surface area contributed by atoms with E-state index in [0.717, 1.165) is 16.0 Å². The number of benzene rings is 1. The maximum atomic E-state index is 11.8. The minimum Gasteiger partial charge on any atom is -0.497 e. The Labute approximate surface area is 132 Å². The average Bonchev–Trinajstić information content (AvgIpc) is 2.84. The van der Waals surface area contributed by atoms with Crippen molar-refractivity contribution in [3.63, 3.8) is 0 Å². The van der Waals surface area contributed by atoms with Gasteiger partial charge in [0.1, 0.15) is 5.75 Å². The molecule has 1 aromatic heterocycles. The molecule has 7 heteroatoms. The number of carbonyl (C=O) groups is 2. The van der Waals surface area contributed by atoms with Gasteiger partial charge in [0.05, 0.1) is 22.7 Å². The van der Waals surface area contributed by atoms with Crippen LogP contribution >= 0.6 is 11.3 Å². The van der Waals surface area contributed by atoms with Gasteiger partial charge >= 0.3 is 5.97 Å². The Balaban J connectivity index is 1.98. The number of ether oxygens (including phenoxy) is 2. The van der Waals surface area contributed by atoms with E-state index in [0.29, 0.717) is 5.13 Å². The van der Waals surface area contributed by atoms with Gasteiger partial charge in [-0.25, -0.2) is 4.98 Å². The smallest absolute Gasteiger partial charge is 0.311 e. The van der Waals surface area contributed by atoms with E-state index in [1.807, 2.05) is 12.1 Å². The minimum atomic E-state index is -0.632. The molecule has 1 N–H and O–H groups in total. The highest BCUT2D eigenvalue weighted by Crippen LogP contribution is 2.29. The molecule has 0 saturated heterocycles. The highest BCUT2D eigenvalue weighted by molar-refractivity contribution is 7.22. The maximum absolute atomic E-state index is 11.8. The van der Waals surface area contributed by atoms with Crippen LogP contribution in [0.5, 0.6) is 5.75 Å². The van der Waals surface area contributed by atoms with Crippen LogP contribution in [0.3, 0.4) is 0 Å². The van der Waals surface area contributed by atoms with Crippen molar-refractivity contribution in [1.82, 2.24) is 4.98 Å². The molecule has 0 fully saturated rings. The number of hydrogen-bond donors (Lipinski definition) is 1. The second-order valence-electron chi connectivity index (χ2n) is 5.73. The molecule has 2 aromatic rings. The second-order valence-corrected chi connectivity index (χ2v) is 6.76. The highest BCUT2D eigenvalue weighted by atomic mass is 32.1. The number of anilines is 1. The van der Waals surface area contributed by atoms with E-state index in [9.17, 15) is 9.59 Å². The number of nitrogens with zero attached hydrogens (tertiary/aromatic N) is 1. The standard InChI is InChI=1S/C15H18N2O4S/c1-15(2,3)13(19)21-8-12(18)17-14-16-10-6-5-9(20-4)7-11(10)22-14/h5-7H,8H2,1-4H3,(H,16,17,18). The van der Waals surface area contributed by atoms with E-state index in [4.69, 9.17) is 9.47 Å². The van der Waals surface area contributed by atoms with Crippen LogP contribution in [0.4, 0.5) is 5.13 Å². The summed E-state index contributed by atoms with van der Waals surface area (Å²) < 4.78 is 11.0. The lowest BCUT2D eigenvalue weighted by atomic mass is 9.97. The first kappa shape index (κ1) is 16.2. The number of aromatic nitrogens is 1. The first-order valence-corrected chi connectivity index (χ1v) is 7.53. The van der Waals surface area contributed by atoms with E-state index < -0.39 is 17.3 Å². The van der Waals surface area contributed by atoms with Crippen LogP contribution in [0.1, 0.15) is 20.8 Å². The van der Waals surface area contributed by atoms with Crippen molar-refractivity contribution in [2.45, 2.75) is 20.8 Å². The van der Waals surface area contributed by atoms with Crippen LogP contribution in [-0.2, 0) is 14.3 Å². The molecule has 0 bridgehead atoms. The van der Waals surface area contributed by atoms with Crippen LogP contribution in [0.15, 0.2) is 18.2 Å². The summed E-state index contributed by atoms with van der Waals surface area (Å²) in [5, 5.41) is 3.08. The Kier molecular flexibility index (Phi) is 4.65. The molecule has 1 amide bonds. The number of thiazole rings is 1. The number of rotatable bonds is 4. The van der Waals surface area contributed by atoms with Crippen LogP contribution in [0.25, 0.3) is 10.2 Å². The molecule has 118 valence electrons. The fourth-order valence-electron chi connectivity index (χ4n) is 1.59. The second kappa shape index (κ2) is 6.31. The Morgan fingerprint density at radius 2 is 2.05 bits per heavy atom. The summed E-state index contributed by atoms with van der Waals surface area (Å²) in [7, 11) is 1.59. The number of nitrogens with one attached hydrogen (secondary N) is 1. The molecule has 0 aliphatic heterocycles. The van der Waals surface area contributed by atoms with Gasteiger partial charge in [-0.05, 0) is 39.0 Å². The normalized spacial score (nSPS) is 11.3. The van der Waals surface area contributed by atoms with Gasteiger partial charge in [0.2, 0.25) is 0 Å². The summed E-state index contributed by atoms with van der Waals surface area (Å²) in [6.07, 6.45) is 0. The fraction of sp³-hybridized carbons (Fsp3) is 0.400. The SMILES string of the molecule is COc1ccc2nc(NC(=O)COC(=O)C(C)(C)C)sc2c1. The Morgan fingerprint density at radius 3 is 2.68 bits per heavy atom. The van der Waals surface area contributed by atoms with E-state index in [1.54, 1.807) is 33.9 Å². The lowest BCUT2D eigenvalue weighted by Crippen LogP contribution is -2.27. The van der Waals surface area contributed by atoms with E-state index >= 15 is 0 Å². The van der Waals surface area contributed by atoms with Crippen molar-refractivity contribution in [2.24, 2.45) is 5.41 Å². The zero-order valence-corrected chi connectivity index (χ0v) is 13.7. The molecule has 1 heterocycles. The topological polar surface area (TPSA) is 77.5 Å². The Bertz CT molecular complexity index is 703. The van der Waals surface area contributed by atoms with Crippen molar-refractivity contribution in [1.29, 1.82) is 0 Å². The Morgan fingerprint density at radius 1 is 1.32 bits per heavy atom. The van der Waals surface area contributed by atoms with Crippen molar-refractivity contribution in [3.8, 4) is 5.75 Å². The van der Waals surface area contributed by atoms with Gasteiger partial charge in [-0.1, -0.05) is 11.3 Å². The molecular formula is C15H18N2O4S. The summed E-state index contributed by atoms with van der Waals surface area (Å²) >= 11 is 1.33. The molecule has 0 unspecified atom stereocenters. The summed E-state index contributed by atoms with van der Waals surface area (Å²) in [6.45, 7) is 4.87. The third-order valence-electron chi connectivity index (χ3n) is 2.79. The molecular weight excluding hydrogens is 304 g/mol. The molecule has 0 radical (unpaired) electrons. The third kappa shape index (κ3) is 3.94. The predicted molar refractivity (Wildman–Crippen MR) is 85.2 cm³/mol. The van der Waals surface area contributed by atoms with Crippen molar-refractivity contribution >= 4 is 38.6 Å². The van der Waals surface area contributed by atoms with E-state index in [-0.39, 0.29) is 6.61 Å². The Hall–Kier alpha value is -2.15. The average molecular weight is 322 g/mol. The van der Waals surface area contributed by atoms with Crippen LogP contribution in [-0.4, -0.2) is 30.6 Å². The van der Waals surface area contributed by atoms with E-state index in [2.05, 4.69) is 10.3 Å². The third-order valence-corrected chi connectivity index (χ3v) is 3.72. The zero-order valence-electron chi connectivity index (χ0n) is 12.9. The fourth-order valence-corrected chi connectivity index (χ4v) is 2.50. The first-order valence-electron chi connectivity index (χ1n) is 6.71. The first-order chi connectivity index (χ1) is 10.3. The van der Waals surface area contributed by atoms with Crippen molar-refractivity contribution in [3.05, 3.63) is 18.2 Å². The molecule has 22 heavy (non-hydrogen) atoms. The van der Waals surface area contributed by atoms with Gasteiger partial charge in [-0.3, -0.25) is 14.9 Å². The van der Waals surface area contributed by atoms with Crippen molar-refractivity contribution < 1.29 is 19.1 Å². The molecule has 0 aliphatic carbocycles. The number of esters is 1. The lowest BCUT2D eigenvalue weighted by Gasteiger charge is -2.15. The molecule has 0 atom stereocenters. The quantitative estimate of drug-likeness (QED) is 0.876. The molecule has 0 saturated carbocycles. The summed E-state index contributed by atoms with van der Waals surface area (Å²) in [5.74, 6) is -0.103. The highest BCUT2D eigenvalue weighted by Gasteiger charge is 2.23. The molecule has 1 aromatic carbocycles. The zero-order chi connectivity index (χ0) is 16.3. The van der Waals surface area contributed by atoms with Gasteiger partial charge in [0.15, 0.2) is 11.7 Å². The summed E-state index contributed by atoms with van der Waals surface area (Å²) in [6, 6.07) is 5.47. The molecule has 0 spiro atoms.